The van der Waals surface area contributed by atoms with Crippen LogP contribution in [0.1, 0.15) is 43.4 Å². The van der Waals surface area contributed by atoms with Gasteiger partial charge in [0.1, 0.15) is 11.6 Å². The third kappa shape index (κ3) is 4.98. The van der Waals surface area contributed by atoms with Crippen LogP contribution in [0.25, 0.3) is 0 Å². The summed E-state index contributed by atoms with van der Waals surface area (Å²) in [7, 11) is 0. The fourth-order valence-corrected chi connectivity index (χ4v) is 4.99. The molecule has 7 nitrogen and oxygen atoms in total. The predicted octanol–water partition coefficient (Wildman–Crippen LogP) is 5.20. The highest BCUT2D eigenvalue weighted by Crippen LogP contribution is 2.41. The fourth-order valence-electron chi connectivity index (χ4n) is 3.85. The largest absolute Gasteiger partial charge is 0.508 e. The Hall–Kier alpha value is -3.23. The number of thioether (sulfide) groups is 1. The number of ether oxygens (including phenoxy) is 1. The van der Waals surface area contributed by atoms with Crippen molar-refractivity contribution >= 4 is 35.1 Å². The lowest BCUT2D eigenvalue weighted by Crippen LogP contribution is -2.31. The molecule has 2 aromatic carbocycles. The first-order valence-electron chi connectivity index (χ1n) is 10.7. The maximum Gasteiger partial charge on any atom is 0.337 e. The molecule has 9 heteroatoms. The molecule has 0 radical (unpaired) electrons. The Kier molecular flexibility index (Phi) is 7.00. The molecule has 0 aliphatic carbocycles. The number of aromatic amines is 1. The molecule has 1 aromatic heterocycles. The minimum Gasteiger partial charge on any atom is -0.508 e. The van der Waals surface area contributed by atoms with Crippen molar-refractivity contribution in [3.8, 4) is 5.75 Å². The van der Waals surface area contributed by atoms with Crippen molar-refractivity contribution in [3.05, 3.63) is 91.9 Å². The van der Waals surface area contributed by atoms with E-state index in [-0.39, 0.29) is 23.0 Å². The number of esters is 1. The number of hydrogen-bond donors (Lipinski definition) is 3. The van der Waals surface area contributed by atoms with Crippen molar-refractivity contribution in [2.75, 3.05) is 5.32 Å². The van der Waals surface area contributed by atoms with E-state index in [1.165, 1.54) is 23.9 Å². The van der Waals surface area contributed by atoms with Gasteiger partial charge in [-0.05, 0) is 50.1 Å². The summed E-state index contributed by atoms with van der Waals surface area (Å²) >= 11 is 7.60. The summed E-state index contributed by atoms with van der Waals surface area (Å²) in [5, 5.41) is 14.3. The van der Waals surface area contributed by atoms with Crippen LogP contribution in [-0.2, 0) is 15.3 Å². The smallest absolute Gasteiger partial charge is 0.337 e. The van der Waals surface area contributed by atoms with Crippen molar-refractivity contribution in [2.24, 2.45) is 0 Å². The maximum atomic E-state index is 13.3. The van der Waals surface area contributed by atoms with Gasteiger partial charge in [0.25, 0.3) is 5.56 Å². The molecule has 0 saturated heterocycles. The molecule has 34 heavy (non-hydrogen) atoms. The zero-order chi connectivity index (χ0) is 24.4. The highest BCUT2D eigenvalue weighted by Gasteiger charge is 2.36. The van der Waals surface area contributed by atoms with Crippen LogP contribution in [0.5, 0.6) is 5.75 Å². The molecule has 1 aliphatic rings. The Labute approximate surface area is 206 Å². The number of anilines is 1. The van der Waals surface area contributed by atoms with Gasteiger partial charge in [-0.15, -0.1) is 0 Å². The van der Waals surface area contributed by atoms with Gasteiger partial charge in [0.15, 0.2) is 5.16 Å². The summed E-state index contributed by atoms with van der Waals surface area (Å²) in [6.45, 7) is 5.27. The molecule has 176 valence electrons. The van der Waals surface area contributed by atoms with Crippen LogP contribution >= 0.6 is 23.4 Å². The lowest BCUT2D eigenvalue weighted by atomic mass is 9.82. The van der Waals surface area contributed by atoms with Crippen molar-refractivity contribution in [1.82, 2.24) is 9.97 Å². The fraction of sp³-hybridized carbons (Fsp3) is 0.240. The average molecular weight is 498 g/mol. The normalized spacial score (nSPS) is 15.1. The van der Waals surface area contributed by atoms with Crippen LogP contribution in [0, 0.1) is 0 Å². The Morgan fingerprint density at radius 3 is 2.71 bits per heavy atom. The molecule has 1 aliphatic heterocycles. The minimum absolute atomic E-state index is 0.0307. The number of benzene rings is 2. The Balaban J connectivity index is 1.77. The molecule has 0 spiro atoms. The van der Waals surface area contributed by atoms with Gasteiger partial charge in [-0.1, -0.05) is 53.7 Å². The third-order valence-electron chi connectivity index (χ3n) is 5.31. The summed E-state index contributed by atoms with van der Waals surface area (Å²) in [6, 6.07) is 14.0. The van der Waals surface area contributed by atoms with Gasteiger partial charge >= 0.3 is 5.97 Å². The van der Waals surface area contributed by atoms with E-state index in [1.807, 2.05) is 24.3 Å². The van der Waals surface area contributed by atoms with E-state index >= 15 is 0 Å². The topological polar surface area (TPSA) is 104 Å². The zero-order valence-corrected chi connectivity index (χ0v) is 20.5. The zero-order valence-electron chi connectivity index (χ0n) is 18.9. The number of allylic oxidation sites excluding steroid dienone is 1. The quantitative estimate of drug-likeness (QED) is 0.244. The number of aromatic hydroxyl groups is 1. The van der Waals surface area contributed by atoms with Crippen molar-refractivity contribution in [3.63, 3.8) is 0 Å². The van der Waals surface area contributed by atoms with E-state index in [2.05, 4.69) is 15.3 Å². The highest BCUT2D eigenvalue weighted by atomic mass is 35.5. The number of halogens is 1. The van der Waals surface area contributed by atoms with Crippen molar-refractivity contribution < 1.29 is 14.6 Å². The van der Waals surface area contributed by atoms with Crippen molar-refractivity contribution in [2.45, 2.75) is 43.7 Å². The third-order valence-corrected chi connectivity index (χ3v) is 6.60. The first kappa shape index (κ1) is 23.9. The molecule has 0 bridgehead atoms. The Morgan fingerprint density at radius 1 is 1.24 bits per heavy atom. The molecular weight excluding hydrogens is 474 g/mol. The lowest BCUT2D eigenvalue weighted by Gasteiger charge is -2.29. The molecule has 1 unspecified atom stereocenters. The van der Waals surface area contributed by atoms with Crippen LogP contribution in [0.2, 0.25) is 5.02 Å². The number of aromatic nitrogens is 2. The van der Waals surface area contributed by atoms with Gasteiger partial charge in [-0.25, -0.2) is 9.78 Å². The van der Waals surface area contributed by atoms with E-state index in [4.69, 9.17) is 16.3 Å². The highest BCUT2D eigenvalue weighted by molar-refractivity contribution is 7.98. The van der Waals surface area contributed by atoms with Crippen LogP contribution in [0.4, 0.5) is 5.82 Å². The number of nitrogens with one attached hydrogen (secondary N) is 2. The average Bonchev–Trinajstić information content (AvgIpc) is 2.77. The van der Waals surface area contributed by atoms with Crippen LogP contribution in [0.15, 0.2) is 69.8 Å². The number of hydrogen-bond acceptors (Lipinski definition) is 7. The monoisotopic (exact) mass is 497 g/mol. The molecule has 3 N–H and O–H groups in total. The van der Waals surface area contributed by atoms with E-state index in [9.17, 15) is 14.7 Å². The summed E-state index contributed by atoms with van der Waals surface area (Å²) in [4.78, 5) is 33.8. The van der Waals surface area contributed by atoms with E-state index in [1.54, 1.807) is 32.9 Å². The van der Waals surface area contributed by atoms with Crippen LogP contribution in [-0.4, -0.2) is 27.1 Å². The van der Waals surface area contributed by atoms with E-state index < -0.39 is 11.9 Å². The molecule has 4 rings (SSSR count). The molecule has 0 fully saturated rings. The molecule has 0 amide bonds. The second-order valence-corrected chi connectivity index (χ2v) is 9.53. The number of carbonyl (C=O) groups is 1. The molecule has 0 saturated carbocycles. The van der Waals surface area contributed by atoms with Crippen molar-refractivity contribution in [1.29, 1.82) is 0 Å². The van der Waals surface area contributed by atoms with E-state index in [0.717, 1.165) is 5.56 Å². The predicted molar refractivity (Wildman–Crippen MR) is 133 cm³/mol. The van der Waals surface area contributed by atoms with Crippen LogP contribution in [0.3, 0.4) is 0 Å². The Bertz CT molecular complexity index is 1340. The van der Waals surface area contributed by atoms with Gasteiger partial charge in [0, 0.05) is 16.5 Å². The van der Waals surface area contributed by atoms with Gasteiger partial charge in [-0.2, -0.15) is 0 Å². The number of fused-ring (bicyclic) bond motifs is 1. The number of H-pyrrole nitrogens is 1. The van der Waals surface area contributed by atoms with Gasteiger partial charge in [0.05, 0.1) is 23.2 Å². The molecule has 1 atom stereocenters. The standard InChI is InChI=1S/C25H24ClN3O4S/c1-13(2)33-24(32)19-14(3)27-22-21(20(19)15-8-6-9-17(30)11-15)23(31)29-25(28-22)34-12-16-7-4-5-10-18(16)26/h4-11,13,20,30H,12H2,1-3H3,(H2,27,28,29,31). The number of phenols is 1. The summed E-state index contributed by atoms with van der Waals surface area (Å²) in [5.74, 6) is -0.373. The maximum absolute atomic E-state index is 13.3. The molecular formula is C25H24ClN3O4S. The lowest BCUT2D eigenvalue weighted by molar-refractivity contribution is -0.143. The first-order valence-corrected chi connectivity index (χ1v) is 12.1. The van der Waals surface area contributed by atoms with Gasteiger partial charge in [-0.3, -0.25) is 4.79 Å². The number of rotatable bonds is 6. The minimum atomic E-state index is -0.756. The van der Waals surface area contributed by atoms with E-state index in [0.29, 0.717) is 38.6 Å². The second kappa shape index (κ2) is 9.95. The first-order chi connectivity index (χ1) is 16.2. The number of phenolic OH excluding ortho intramolecular Hbond substituents is 1. The molecule has 3 aromatic rings. The second-order valence-electron chi connectivity index (χ2n) is 8.16. The summed E-state index contributed by atoms with van der Waals surface area (Å²) in [5.41, 5.74) is 2.25. The number of nitrogens with zero attached hydrogens (tertiary/aromatic N) is 1. The number of carbonyl (C=O) groups excluding carboxylic acids is 1. The summed E-state index contributed by atoms with van der Waals surface area (Å²) < 4.78 is 5.47. The molecule has 2 heterocycles. The Morgan fingerprint density at radius 2 is 2.00 bits per heavy atom. The van der Waals surface area contributed by atoms with Crippen LogP contribution < -0.4 is 10.9 Å². The van der Waals surface area contributed by atoms with Gasteiger partial charge in [0.2, 0.25) is 0 Å². The SMILES string of the molecule is CC1=C(C(=O)OC(C)C)C(c2cccc(O)c2)c2c(nc(SCc3ccccc3Cl)[nH]c2=O)N1. The van der Waals surface area contributed by atoms with Gasteiger partial charge < -0.3 is 20.1 Å². The summed E-state index contributed by atoms with van der Waals surface area (Å²) in [6.07, 6.45) is -0.334.